The van der Waals surface area contributed by atoms with Crippen LogP contribution in [0.25, 0.3) is 0 Å². The summed E-state index contributed by atoms with van der Waals surface area (Å²) in [6.45, 7) is 0.963. The number of nitrogens with one attached hydrogen (secondary N) is 1. The highest BCUT2D eigenvalue weighted by molar-refractivity contribution is 6.33. The number of fused-ring (bicyclic) bond motifs is 1. The van der Waals surface area contributed by atoms with Gasteiger partial charge in [0.15, 0.2) is 0 Å². The van der Waals surface area contributed by atoms with E-state index in [-0.39, 0.29) is 6.04 Å². The van der Waals surface area contributed by atoms with E-state index in [2.05, 4.69) is 5.32 Å². The molecule has 70 valence electrons. The van der Waals surface area contributed by atoms with Gasteiger partial charge in [-0.3, -0.25) is 0 Å². The molecule has 0 fully saturated rings. The van der Waals surface area contributed by atoms with E-state index < -0.39 is 0 Å². The molecule has 1 aromatic carbocycles. The first kappa shape index (κ1) is 8.85. The smallest absolute Gasteiger partial charge is 0.0640 e. The van der Waals surface area contributed by atoms with Crippen molar-refractivity contribution in [2.75, 3.05) is 11.9 Å². The van der Waals surface area contributed by atoms with Crippen molar-refractivity contribution >= 4 is 17.3 Å². The summed E-state index contributed by atoms with van der Waals surface area (Å²) in [6, 6.07) is 6.02. The number of para-hydroxylation sites is 1. The van der Waals surface area contributed by atoms with Crippen LogP contribution in [-0.2, 0) is 0 Å². The molecule has 1 heterocycles. The Bertz CT molecular complexity index is 312. The van der Waals surface area contributed by atoms with Gasteiger partial charge >= 0.3 is 0 Å². The van der Waals surface area contributed by atoms with Gasteiger partial charge in [0.2, 0.25) is 0 Å². The van der Waals surface area contributed by atoms with E-state index >= 15 is 0 Å². The monoisotopic (exact) mass is 196 g/mol. The number of hydrogen-bond donors (Lipinski definition) is 2. The Labute approximate surface area is 83.1 Å². The normalized spacial score (nSPS) is 21.5. The molecule has 3 heteroatoms. The maximum Gasteiger partial charge on any atom is 0.0640 e. The zero-order valence-electron chi connectivity index (χ0n) is 7.39. The molecule has 0 saturated carbocycles. The van der Waals surface area contributed by atoms with E-state index in [4.69, 9.17) is 17.3 Å². The molecular formula is C10H13ClN2. The summed E-state index contributed by atoms with van der Waals surface area (Å²) in [4.78, 5) is 0. The Morgan fingerprint density at radius 3 is 3.15 bits per heavy atom. The van der Waals surface area contributed by atoms with Gasteiger partial charge in [0.05, 0.1) is 10.7 Å². The maximum absolute atomic E-state index is 6.06. The maximum atomic E-state index is 6.06. The summed E-state index contributed by atoms with van der Waals surface area (Å²) < 4.78 is 0. The number of nitrogens with two attached hydrogens (primary N) is 1. The van der Waals surface area contributed by atoms with Crippen LogP contribution in [0.2, 0.25) is 5.02 Å². The third kappa shape index (κ3) is 1.64. The summed E-state index contributed by atoms with van der Waals surface area (Å²) in [5, 5.41) is 4.08. The van der Waals surface area contributed by atoms with Gasteiger partial charge in [0, 0.05) is 12.6 Å². The van der Waals surface area contributed by atoms with Crippen LogP contribution in [0, 0.1) is 0 Å². The molecule has 1 aromatic rings. The summed E-state index contributed by atoms with van der Waals surface area (Å²) >= 11 is 6.06. The van der Waals surface area contributed by atoms with Gasteiger partial charge in [-0.15, -0.1) is 0 Å². The summed E-state index contributed by atoms with van der Waals surface area (Å²) in [5.74, 6) is 0. The van der Waals surface area contributed by atoms with Crippen LogP contribution in [0.4, 0.5) is 5.69 Å². The average Bonchev–Trinajstić information content (AvgIpc) is 2.30. The molecule has 0 saturated heterocycles. The summed E-state index contributed by atoms with van der Waals surface area (Å²) in [5.41, 5.74) is 8.18. The Morgan fingerprint density at radius 1 is 1.46 bits per heavy atom. The third-order valence-corrected chi connectivity index (χ3v) is 2.75. The van der Waals surface area contributed by atoms with Crippen molar-refractivity contribution in [2.24, 2.45) is 5.73 Å². The third-order valence-electron chi connectivity index (χ3n) is 2.44. The van der Waals surface area contributed by atoms with E-state index in [0.29, 0.717) is 0 Å². The fraction of sp³-hybridized carbons (Fsp3) is 0.400. The molecule has 0 amide bonds. The second-order valence-electron chi connectivity index (χ2n) is 3.38. The van der Waals surface area contributed by atoms with Crippen molar-refractivity contribution < 1.29 is 0 Å². The van der Waals surface area contributed by atoms with Crippen molar-refractivity contribution in [1.29, 1.82) is 0 Å². The lowest BCUT2D eigenvalue weighted by atomic mass is 10.0. The van der Waals surface area contributed by atoms with E-state index in [9.17, 15) is 0 Å². The molecule has 2 nitrogen and oxygen atoms in total. The van der Waals surface area contributed by atoms with Crippen LogP contribution in [-0.4, -0.2) is 6.54 Å². The Hall–Kier alpha value is -0.730. The molecular weight excluding hydrogens is 184 g/mol. The standard InChI is InChI=1S/C10H13ClN2/c11-8-4-1-3-7-9(12)5-2-6-13-10(7)8/h1,3-4,9,13H,2,5-6,12H2. The first-order valence-electron chi connectivity index (χ1n) is 4.57. The zero-order valence-corrected chi connectivity index (χ0v) is 8.14. The fourth-order valence-corrected chi connectivity index (χ4v) is 1.98. The number of anilines is 1. The highest BCUT2D eigenvalue weighted by atomic mass is 35.5. The van der Waals surface area contributed by atoms with Gasteiger partial charge in [-0.05, 0) is 24.5 Å². The van der Waals surface area contributed by atoms with Crippen molar-refractivity contribution in [3.05, 3.63) is 28.8 Å². The average molecular weight is 197 g/mol. The van der Waals surface area contributed by atoms with Crippen LogP contribution in [0.5, 0.6) is 0 Å². The van der Waals surface area contributed by atoms with Gasteiger partial charge in [-0.2, -0.15) is 0 Å². The first-order chi connectivity index (χ1) is 6.29. The van der Waals surface area contributed by atoms with Crippen LogP contribution >= 0.6 is 11.6 Å². The van der Waals surface area contributed by atoms with Crippen molar-refractivity contribution in [3.63, 3.8) is 0 Å². The molecule has 0 spiro atoms. The van der Waals surface area contributed by atoms with E-state index in [1.807, 2.05) is 18.2 Å². The van der Waals surface area contributed by atoms with Gasteiger partial charge in [-0.25, -0.2) is 0 Å². The van der Waals surface area contributed by atoms with E-state index in [1.165, 1.54) is 0 Å². The number of halogens is 1. The molecule has 0 aliphatic carbocycles. The molecule has 1 unspecified atom stereocenters. The summed E-state index contributed by atoms with van der Waals surface area (Å²) in [6.07, 6.45) is 2.13. The Balaban J connectivity index is 2.47. The molecule has 1 atom stereocenters. The molecule has 2 rings (SSSR count). The van der Waals surface area contributed by atoms with Crippen LogP contribution in [0.1, 0.15) is 24.4 Å². The number of benzene rings is 1. The minimum absolute atomic E-state index is 0.128. The number of hydrogen-bond acceptors (Lipinski definition) is 2. The van der Waals surface area contributed by atoms with Gasteiger partial charge in [0.1, 0.15) is 0 Å². The number of rotatable bonds is 0. The molecule has 13 heavy (non-hydrogen) atoms. The lowest BCUT2D eigenvalue weighted by molar-refractivity contribution is 0.642. The van der Waals surface area contributed by atoms with Crippen LogP contribution in [0.15, 0.2) is 18.2 Å². The van der Waals surface area contributed by atoms with Crippen molar-refractivity contribution in [3.8, 4) is 0 Å². The van der Waals surface area contributed by atoms with Gasteiger partial charge in [0.25, 0.3) is 0 Å². The quantitative estimate of drug-likeness (QED) is 0.670. The lowest BCUT2D eigenvalue weighted by Crippen LogP contribution is -2.09. The molecule has 0 radical (unpaired) electrons. The second kappa shape index (κ2) is 3.56. The van der Waals surface area contributed by atoms with E-state index in [0.717, 1.165) is 35.7 Å². The minimum Gasteiger partial charge on any atom is -0.384 e. The summed E-state index contributed by atoms with van der Waals surface area (Å²) in [7, 11) is 0. The largest absolute Gasteiger partial charge is 0.384 e. The van der Waals surface area contributed by atoms with Crippen molar-refractivity contribution in [2.45, 2.75) is 18.9 Å². The molecule has 3 N–H and O–H groups in total. The Kier molecular flexibility index (Phi) is 2.42. The highest BCUT2D eigenvalue weighted by Gasteiger charge is 2.16. The van der Waals surface area contributed by atoms with E-state index in [1.54, 1.807) is 0 Å². The Morgan fingerprint density at radius 2 is 2.31 bits per heavy atom. The van der Waals surface area contributed by atoms with Crippen molar-refractivity contribution in [1.82, 2.24) is 0 Å². The SMILES string of the molecule is NC1CCCNc2c(Cl)cccc21. The van der Waals surface area contributed by atoms with Gasteiger partial charge in [-0.1, -0.05) is 23.7 Å². The fourth-order valence-electron chi connectivity index (χ4n) is 1.73. The zero-order chi connectivity index (χ0) is 9.26. The van der Waals surface area contributed by atoms with Crippen LogP contribution < -0.4 is 11.1 Å². The molecule has 1 aliphatic rings. The predicted octanol–water partition coefficient (Wildman–Crippen LogP) is 2.55. The molecule has 0 bridgehead atoms. The predicted molar refractivity (Wildman–Crippen MR) is 56.1 cm³/mol. The molecule has 0 aromatic heterocycles. The van der Waals surface area contributed by atoms with Gasteiger partial charge < -0.3 is 11.1 Å². The lowest BCUT2D eigenvalue weighted by Gasteiger charge is -2.13. The second-order valence-corrected chi connectivity index (χ2v) is 3.79. The van der Waals surface area contributed by atoms with Crippen LogP contribution in [0.3, 0.4) is 0 Å². The molecule has 1 aliphatic heterocycles. The minimum atomic E-state index is 0.128. The topological polar surface area (TPSA) is 38.0 Å². The first-order valence-corrected chi connectivity index (χ1v) is 4.94. The highest BCUT2D eigenvalue weighted by Crippen LogP contribution is 2.33.